The summed E-state index contributed by atoms with van der Waals surface area (Å²) in [7, 11) is 0. The van der Waals surface area contributed by atoms with Crippen molar-refractivity contribution in [2.75, 3.05) is 0 Å². The van der Waals surface area contributed by atoms with Gasteiger partial charge in [-0.2, -0.15) is 4.98 Å². The predicted molar refractivity (Wildman–Crippen MR) is 81.0 cm³/mol. The molecule has 1 aromatic rings. The Kier molecular flexibility index (Phi) is 4.94. The van der Waals surface area contributed by atoms with Crippen LogP contribution in [0.25, 0.3) is 0 Å². The van der Waals surface area contributed by atoms with Crippen LogP contribution in [0.5, 0.6) is 0 Å². The minimum atomic E-state index is -0.310. The van der Waals surface area contributed by atoms with Crippen LogP contribution in [0.2, 0.25) is 0 Å². The molecule has 3 rings (SSSR count). The van der Waals surface area contributed by atoms with E-state index in [1.807, 2.05) is 0 Å². The van der Waals surface area contributed by atoms with Crippen molar-refractivity contribution in [2.45, 2.75) is 83.2 Å². The quantitative estimate of drug-likeness (QED) is 0.895. The normalized spacial score (nSPS) is 28.9. The van der Waals surface area contributed by atoms with Crippen LogP contribution in [0.4, 0.5) is 0 Å². The Balaban J connectivity index is 1.57. The van der Waals surface area contributed by atoms with Crippen molar-refractivity contribution in [1.82, 2.24) is 10.1 Å². The molecule has 1 aromatic heterocycles. The minimum Gasteiger partial charge on any atom is -0.392 e. The first kappa shape index (κ1) is 15.0. The van der Waals surface area contributed by atoms with Gasteiger partial charge in [-0.05, 0) is 37.5 Å². The average Bonchev–Trinajstić information content (AvgIpc) is 3.18. The highest BCUT2D eigenvalue weighted by Crippen LogP contribution is 2.36. The van der Waals surface area contributed by atoms with Gasteiger partial charge in [0.2, 0.25) is 5.89 Å². The van der Waals surface area contributed by atoms with Crippen molar-refractivity contribution < 1.29 is 9.63 Å². The molecule has 0 aromatic carbocycles. The van der Waals surface area contributed by atoms with E-state index in [2.05, 4.69) is 17.1 Å². The molecule has 4 nitrogen and oxygen atoms in total. The van der Waals surface area contributed by atoms with Gasteiger partial charge in [-0.1, -0.05) is 44.2 Å². The highest BCUT2D eigenvalue weighted by Gasteiger charge is 2.28. The fraction of sp³-hybridized carbons (Fsp3) is 0.882. The summed E-state index contributed by atoms with van der Waals surface area (Å²) in [6.07, 6.45) is 11.2. The van der Waals surface area contributed by atoms with E-state index < -0.39 is 0 Å². The van der Waals surface area contributed by atoms with Gasteiger partial charge in [0.1, 0.15) is 0 Å². The van der Waals surface area contributed by atoms with Crippen LogP contribution in [-0.2, 0) is 6.42 Å². The predicted octanol–water partition coefficient (Wildman–Crippen LogP) is 3.85. The number of nitrogens with zero attached hydrogens (tertiary/aromatic N) is 2. The van der Waals surface area contributed by atoms with Gasteiger partial charge in [-0.25, -0.2) is 0 Å². The van der Waals surface area contributed by atoms with Crippen molar-refractivity contribution in [3.8, 4) is 0 Å². The average molecular weight is 292 g/mol. The molecule has 0 radical (unpaired) electrons. The Morgan fingerprint density at radius 2 is 2.00 bits per heavy atom. The molecule has 0 saturated heterocycles. The first-order valence-electron chi connectivity index (χ1n) is 8.76. The first-order chi connectivity index (χ1) is 10.3. The fourth-order valence-corrected chi connectivity index (χ4v) is 4.10. The summed E-state index contributed by atoms with van der Waals surface area (Å²) in [5, 5.41) is 14.5. The summed E-state index contributed by atoms with van der Waals surface area (Å²) in [6, 6.07) is 0. The monoisotopic (exact) mass is 292 g/mol. The van der Waals surface area contributed by atoms with E-state index in [0.29, 0.717) is 24.1 Å². The minimum absolute atomic E-state index is 0.310. The molecule has 0 spiro atoms. The summed E-state index contributed by atoms with van der Waals surface area (Å²) in [4.78, 5) is 4.58. The van der Waals surface area contributed by atoms with E-state index in [4.69, 9.17) is 4.52 Å². The number of hydrogen-bond acceptors (Lipinski definition) is 4. The van der Waals surface area contributed by atoms with Crippen LogP contribution >= 0.6 is 0 Å². The Morgan fingerprint density at radius 1 is 1.19 bits per heavy atom. The number of hydrogen-bond donors (Lipinski definition) is 1. The number of rotatable bonds is 5. The lowest BCUT2D eigenvalue weighted by Gasteiger charge is -2.26. The Bertz CT molecular complexity index is 440. The van der Waals surface area contributed by atoms with Gasteiger partial charge in [0.05, 0.1) is 12.5 Å². The maximum absolute atomic E-state index is 10.3. The second-order valence-electron chi connectivity index (χ2n) is 7.00. The maximum atomic E-state index is 10.3. The van der Waals surface area contributed by atoms with Gasteiger partial charge in [0, 0.05) is 5.92 Å². The van der Waals surface area contributed by atoms with Crippen molar-refractivity contribution in [3.05, 3.63) is 11.7 Å². The van der Waals surface area contributed by atoms with Crippen LogP contribution in [0.15, 0.2) is 4.52 Å². The van der Waals surface area contributed by atoms with Crippen molar-refractivity contribution in [3.63, 3.8) is 0 Å². The lowest BCUT2D eigenvalue weighted by molar-refractivity contribution is 0.102. The van der Waals surface area contributed by atoms with E-state index in [1.54, 1.807) is 0 Å². The third-order valence-corrected chi connectivity index (χ3v) is 5.54. The topological polar surface area (TPSA) is 59.2 Å². The first-order valence-corrected chi connectivity index (χ1v) is 8.76. The molecule has 4 heteroatoms. The SMILES string of the molecule is CCC1CCCC(c2noc(CC(O)C3CCCC3)n2)C1. The maximum Gasteiger partial charge on any atom is 0.229 e. The number of aliphatic hydroxyl groups excluding tert-OH is 1. The van der Waals surface area contributed by atoms with Gasteiger partial charge in [-0.15, -0.1) is 0 Å². The van der Waals surface area contributed by atoms with Gasteiger partial charge in [0.25, 0.3) is 0 Å². The zero-order chi connectivity index (χ0) is 14.7. The Morgan fingerprint density at radius 3 is 2.76 bits per heavy atom. The molecule has 2 saturated carbocycles. The molecule has 2 fully saturated rings. The molecule has 21 heavy (non-hydrogen) atoms. The van der Waals surface area contributed by atoms with Crippen LogP contribution < -0.4 is 0 Å². The van der Waals surface area contributed by atoms with Crippen molar-refractivity contribution in [1.29, 1.82) is 0 Å². The molecular weight excluding hydrogens is 264 g/mol. The lowest BCUT2D eigenvalue weighted by atomic mass is 9.80. The van der Waals surface area contributed by atoms with Gasteiger partial charge >= 0.3 is 0 Å². The largest absolute Gasteiger partial charge is 0.392 e. The number of aromatic nitrogens is 2. The third-order valence-electron chi connectivity index (χ3n) is 5.54. The molecule has 3 unspecified atom stereocenters. The molecule has 2 aliphatic rings. The molecular formula is C17H28N2O2. The van der Waals surface area contributed by atoms with E-state index >= 15 is 0 Å². The standard InChI is InChI=1S/C17H28N2O2/c1-2-12-6-5-9-14(10-12)17-18-16(21-19-17)11-15(20)13-7-3-4-8-13/h12-15,20H,2-11H2,1H3. The molecule has 3 atom stereocenters. The van der Waals surface area contributed by atoms with E-state index in [9.17, 15) is 5.11 Å². The van der Waals surface area contributed by atoms with E-state index in [0.717, 1.165) is 24.6 Å². The molecule has 1 heterocycles. The highest BCUT2D eigenvalue weighted by molar-refractivity contribution is 4.99. The third kappa shape index (κ3) is 3.65. The van der Waals surface area contributed by atoms with Gasteiger partial charge in [-0.3, -0.25) is 0 Å². The fourth-order valence-electron chi connectivity index (χ4n) is 4.10. The van der Waals surface area contributed by atoms with E-state index in [1.165, 1.54) is 44.9 Å². The smallest absolute Gasteiger partial charge is 0.229 e. The lowest BCUT2D eigenvalue weighted by Crippen LogP contribution is -2.20. The Labute approximate surface area is 127 Å². The molecule has 0 amide bonds. The van der Waals surface area contributed by atoms with Crippen molar-refractivity contribution >= 4 is 0 Å². The van der Waals surface area contributed by atoms with Crippen LogP contribution in [0, 0.1) is 11.8 Å². The number of aliphatic hydroxyl groups is 1. The summed E-state index contributed by atoms with van der Waals surface area (Å²) in [5.74, 6) is 3.21. The Hall–Kier alpha value is -0.900. The highest BCUT2D eigenvalue weighted by atomic mass is 16.5. The molecule has 1 N–H and O–H groups in total. The zero-order valence-electron chi connectivity index (χ0n) is 13.1. The van der Waals surface area contributed by atoms with Crippen LogP contribution in [0.3, 0.4) is 0 Å². The summed E-state index contributed by atoms with van der Waals surface area (Å²) in [5.41, 5.74) is 0. The summed E-state index contributed by atoms with van der Waals surface area (Å²) in [6.45, 7) is 2.27. The zero-order valence-corrected chi connectivity index (χ0v) is 13.1. The van der Waals surface area contributed by atoms with Gasteiger partial charge in [0.15, 0.2) is 5.82 Å². The van der Waals surface area contributed by atoms with Gasteiger partial charge < -0.3 is 9.63 Å². The summed E-state index contributed by atoms with van der Waals surface area (Å²) >= 11 is 0. The van der Waals surface area contributed by atoms with Crippen LogP contribution in [0.1, 0.15) is 82.3 Å². The molecule has 2 aliphatic carbocycles. The van der Waals surface area contributed by atoms with Crippen molar-refractivity contribution in [2.24, 2.45) is 11.8 Å². The molecule has 0 bridgehead atoms. The summed E-state index contributed by atoms with van der Waals surface area (Å²) < 4.78 is 5.40. The molecule has 118 valence electrons. The second-order valence-corrected chi connectivity index (χ2v) is 7.00. The van der Waals surface area contributed by atoms with E-state index in [-0.39, 0.29) is 6.10 Å². The molecule has 0 aliphatic heterocycles. The van der Waals surface area contributed by atoms with Crippen LogP contribution in [-0.4, -0.2) is 21.4 Å². The second kappa shape index (κ2) is 6.91.